The van der Waals surface area contributed by atoms with E-state index in [1.54, 1.807) is 24.3 Å². The van der Waals surface area contributed by atoms with E-state index in [2.05, 4.69) is 0 Å². The molecule has 1 aliphatic rings. The van der Waals surface area contributed by atoms with Crippen LogP contribution in [-0.4, -0.2) is 44.2 Å². The molecule has 6 nitrogen and oxygen atoms in total. The van der Waals surface area contributed by atoms with E-state index in [0.29, 0.717) is 17.5 Å². The average molecular weight is 384 g/mol. The number of carbonyl (C=O) groups excluding carboxylic acids is 2. The van der Waals surface area contributed by atoms with Crippen LogP contribution >= 0.6 is 0 Å². The number of hydrogen-bond acceptors (Lipinski definition) is 6. The summed E-state index contributed by atoms with van der Waals surface area (Å²) in [6, 6.07) is 14.2. The van der Waals surface area contributed by atoms with Crippen molar-refractivity contribution in [2.24, 2.45) is 0 Å². The molecule has 0 aliphatic carbocycles. The molecule has 0 amide bonds. The highest BCUT2D eigenvalue weighted by molar-refractivity contribution is 5.90. The first-order valence-electron chi connectivity index (χ1n) is 9.16. The van der Waals surface area contributed by atoms with Crippen LogP contribution in [0.5, 0.6) is 0 Å². The molecule has 148 valence electrons. The molecular formula is C22H24O6. The minimum absolute atomic E-state index is 0.0294. The van der Waals surface area contributed by atoms with Crippen molar-refractivity contribution in [1.29, 1.82) is 0 Å². The molecule has 2 aromatic carbocycles. The third kappa shape index (κ3) is 4.97. The number of hydrogen-bond donors (Lipinski definition) is 0. The second-order valence-electron chi connectivity index (χ2n) is 6.85. The van der Waals surface area contributed by atoms with Crippen LogP contribution in [0.3, 0.4) is 0 Å². The fourth-order valence-corrected chi connectivity index (χ4v) is 2.93. The summed E-state index contributed by atoms with van der Waals surface area (Å²) in [5.74, 6) is -0.895. The number of rotatable bonds is 6. The lowest BCUT2D eigenvalue weighted by Gasteiger charge is -2.19. The Hall–Kier alpha value is -2.70. The monoisotopic (exact) mass is 384 g/mol. The maximum absolute atomic E-state index is 12.4. The largest absolute Gasteiger partial charge is 0.459 e. The Morgan fingerprint density at radius 2 is 1.46 bits per heavy atom. The number of aryl methyl sites for hydroxylation is 2. The maximum Gasteiger partial charge on any atom is 0.338 e. The molecule has 6 heteroatoms. The normalized spacial score (nSPS) is 21.3. The molecule has 2 aromatic rings. The van der Waals surface area contributed by atoms with Crippen LogP contribution < -0.4 is 0 Å². The van der Waals surface area contributed by atoms with E-state index in [1.165, 1.54) is 7.11 Å². The van der Waals surface area contributed by atoms with Gasteiger partial charge < -0.3 is 18.9 Å². The molecule has 3 rings (SSSR count). The lowest BCUT2D eigenvalue weighted by Crippen LogP contribution is -2.32. The first-order chi connectivity index (χ1) is 13.5. The zero-order chi connectivity index (χ0) is 20.1. The van der Waals surface area contributed by atoms with Crippen molar-refractivity contribution in [2.75, 3.05) is 13.7 Å². The Labute approximate surface area is 164 Å². The Morgan fingerprint density at radius 1 is 0.929 bits per heavy atom. The van der Waals surface area contributed by atoms with E-state index in [1.807, 2.05) is 38.1 Å². The number of esters is 2. The van der Waals surface area contributed by atoms with E-state index in [4.69, 9.17) is 18.9 Å². The van der Waals surface area contributed by atoms with Crippen LogP contribution in [0.4, 0.5) is 0 Å². The number of carbonyl (C=O) groups is 2. The standard InChI is InChI=1S/C22H24O6/c1-14-4-8-16(9-5-14)21(23)26-13-19-18(12-20(25-3)27-19)28-22(24)17-10-6-15(2)7-11-17/h4-11,18-20H,12-13H2,1-3H3. The Bertz CT molecular complexity index is 812. The molecule has 3 atom stereocenters. The first kappa shape index (κ1) is 20.0. The topological polar surface area (TPSA) is 71.1 Å². The van der Waals surface area contributed by atoms with E-state index in [9.17, 15) is 9.59 Å². The van der Waals surface area contributed by atoms with Crippen molar-refractivity contribution in [1.82, 2.24) is 0 Å². The molecule has 0 saturated carbocycles. The van der Waals surface area contributed by atoms with Gasteiger partial charge in [0.05, 0.1) is 11.1 Å². The molecule has 1 heterocycles. The zero-order valence-electron chi connectivity index (χ0n) is 16.2. The summed E-state index contributed by atoms with van der Waals surface area (Å²) in [7, 11) is 1.52. The van der Waals surface area contributed by atoms with Gasteiger partial charge >= 0.3 is 11.9 Å². The molecule has 1 aliphatic heterocycles. The predicted octanol–water partition coefficient (Wildman–Crippen LogP) is 3.45. The van der Waals surface area contributed by atoms with E-state index in [0.717, 1.165) is 11.1 Å². The van der Waals surface area contributed by atoms with Gasteiger partial charge in [0, 0.05) is 13.5 Å². The van der Waals surface area contributed by atoms with Gasteiger partial charge in [-0.1, -0.05) is 35.4 Å². The molecule has 3 unspecified atom stereocenters. The summed E-state index contributed by atoms with van der Waals surface area (Å²) >= 11 is 0. The van der Waals surface area contributed by atoms with Crippen molar-refractivity contribution in [3.63, 3.8) is 0 Å². The first-order valence-corrected chi connectivity index (χ1v) is 9.16. The second kappa shape index (κ2) is 8.99. The highest BCUT2D eigenvalue weighted by Gasteiger charge is 2.39. The Balaban J connectivity index is 1.61. The van der Waals surface area contributed by atoms with Gasteiger partial charge in [-0.3, -0.25) is 0 Å². The molecule has 0 radical (unpaired) electrons. The van der Waals surface area contributed by atoms with Gasteiger partial charge in [0.1, 0.15) is 18.8 Å². The van der Waals surface area contributed by atoms with E-state index >= 15 is 0 Å². The molecular weight excluding hydrogens is 360 g/mol. The molecule has 0 bridgehead atoms. The third-order valence-corrected chi connectivity index (χ3v) is 4.64. The van der Waals surface area contributed by atoms with Crippen molar-refractivity contribution < 1.29 is 28.5 Å². The van der Waals surface area contributed by atoms with Crippen molar-refractivity contribution in [2.45, 2.75) is 38.8 Å². The number of ether oxygens (including phenoxy) is 4. The molecule has 0 spiro atoms. The lowest BCUT2D eigenvalue weighted by molar-refractivity contribution is -0.128. The van der Waals surface area contributed by atoms with Crippen molar-refractivity contribution >= 4 is 11.9 Å². The van der Waals surface area contributed by atoms with Crippen LogP contribution in [0.15, 0.2) is 48.5 Å². The molecule has 0 N–H and O–H groups in total. The number of methoxy groups -OCH3 is 1. The zero-order valence-corrected chi connectivity index (χ0v) is 16.2. The van der Waals surface area contributed by atoms with Gasteiger partial charge in [0.15, 0.2) is 6.29 Å². The van der Waals surface area contributed by atoms with Crippen LogP contribution in [0.25, 0.3) is 0 Å². The van der Waals surface area contributed by atoms with Gasteiger partial charge in [-0.15, -0.1) is 0 Å². The predicted molar refractivity (Wildman–Crippen MR) is 102 cm³/mol. The van der Waals surface area contributed by atoms with Gasteiger partial charge in [-0.05, 0) is 38.1 Å². The number of benzene rings is 2. The minimum atomic E-state index is -0.589. The Kier molecular flexibility index (Phi) is 6.44. The summed E-state index contributed by atoms with van der Waals surface area (Å²) in [4.78, 5) is 24.6. The second-order valence-corrected chi connectivity index (χ2v) is 6.85. The highest BCUT2D eigenvalue weighted by atomic mass is 16.7. The van der Waals surface area contributed by atoms with Crippen molar-refractivity contribution in [3.8, 4) is 0 Å². The van der Waals surface area contributed by atoms with Crippen molar-refractivity contribution in [3.05, 3.63) is 70.8 Å². The molecule has 1 saturated heterocycles. The molecule has 28 heavy (non-hydrogen) atoms. The summed E-state index contributed by atoms with van der Waals surface area (Å²) < 4.78 is 21.9. The highest BCUT2D eigenvalue weighted by Crippen LogP contribution is 2.25. The molecule has 1 fully saturated rings. The van der Waals surface area contributed by atoms with Gasteiger partial charge in [0.2, 0.25) is 0 Å². The smallest absolute Gasteiger partial charge is 0.338 e. The quantitative estimate of drug-likeness (QED) is 0.711. The Morgan fingerprint density at radius 3 is 2.00 bits per heavy atom. The van der Waals surface area contributed by atoms with Gasteiger partial charge in [-0.2, -0.15) is 0 Å². The van der Waals surface area contributed by atoms with Crippen LogP contribution in [0.2, 0.25) is 0 Å². The summed E-state index contributed by atoms with van der Waals surface area (Å²) in [5.41, 5.74) is 3.03. The van der Waals surface area contributed by atoms with Crippen LogP contribution in [0, 0.1) is 13.8 Å². The lowest BCUT2D eigenvalue weighted by atomic mass is 10.1. The maximum atomic E-state index is 12.4. The summed E-state index contributed by atoms with van der Waals surface area (Å²) in [6.45, 7) is 3.86. The SMILES string of the molecule is COC1CC(OC(=O)c2ccc(C)cc2)C(COC(=O)c2ccc(C)cc2)O1. The summed E-state index contributed by atoms with van der Waals surface area (Å²) in [5, 5.41) is 0. The van der Waals surface area contributed by atoms with E-state index < -0.39 is 30.4 Å². The molecule has 0 aromatic heterocycles. The average Bonchev–Trinajstić information content (AvgIpc) is 3.09. The fraction of sp³-hybridized carbons (Fsp3) is 0.364. The van der Waals surface area contributed by atoms with Gasteiger partial charge in [0.25, 0.3) is 0 Å². The van der Waals surface area contributed by atoms with Gasteiger partial charge in [-0.25, -0.2) is 9.59 Å². The van der Waals surface area contributed by atoms with E-state index in [-0.39, 0.29) is 6.61 Å². The fourth-order valence-electron chi connectivity index (χ4n) is 2.93. The minimum Gasteiger partial charge on any atom is -0.459 e. The summed E-state index contributed by atoms with van der Waals surface area (Å²) in [6.07, 6.45) is -1.29. The van der Waals surface area contributed by atoms with Crippen LogP contribution in [0.1, 0.15) is 38.3 Å². The third-order valence-electron chi connectivity index (χ3n) is 4.64. The van der Waals surface area contributed by atoms with Crippen LogP contribution in [-0.2, 0) is 18.9 Å².